The van der Waals surface area contributed by atoms with Crippen LogP contribution in [0.2, 0.25) is 10.0 Å². The van der Waals surface area contributed by atoms with Gasteiger partial charge in [0.25, 0.3) is 0 Å². The number of imidazole rings is 1. The summed E-state index contributed by atoms with van der Waals surface area (Å²) >= 11 is 11.8. The van der Waals surface area contributed by atoms with E-state index in [1.807, 2.05) is 0 Å². The van der Waals surface area contributed by atoms with Gasteiger partial charge in [0.05, 0.1) is 16.6 Å². The van der Waals surface area contributed by atoms with Gasteiger partial charge < -0.3 is 10.2 Å². The Morgan fingerprint density at radius 2 is 2.12 bits per heavy atom. The third-order valence-electron chi connectivity index (χ3n) is 4.12. The molecule has 1 N–H and O–H groups in total. The molecule has 6 nitrogen and oxygen atoms in total. The van der Waals surface area contributed by atoms with E-state index in [4.69, 9.17) is 23.2 Å². The van der Waals surface area contributed by atoms with E-state index in [0.717, 1.165) is 6.20 Å². The van der Waals surface area contributed by atoms with Crippen molar-refractivity contribution in [3.05, 3.63) is 46.5 Å². The number of alkyl halides is 2. The number of rotatable bonds is 5. The van der Waals surface area contributed by atoms with Gasteiger partial charge in [0, 0.05) is 24.6 Å². The fourth-order valence-corrected chi connectivity index (χ4v) is 3.07. The summed E-state index contributed by atoms with van der Waals surface area (Å²) in [5.74, 6) is -1.78. The Bertz CT molecular complexity index is 843. The number of hydrogen-bond donors (Lipinski definition) is 1. The third kappa shape index (κ3) is 3.66. The molecule has 1 unspecified atom stereocenters. The molecule has 1 fully saturated rings. The van der Waals surface area contributed by atoms with Crippen LogP contribution in [0.1, 0.15) is 18.8 Å². The van der Waals surface area contributed by atoms with Gasteiger partial charge in [-0.2, -0.15) is 8.78 Å². The molecule has 1 aliphatic heterocycles. The van der Waals surface area contributed by atoms with Crippen molar-refractivity contribution in [2.24, 2.45) is 5.92 Å². The van der Waals surface area contributed by atoms with E-state index in [1.165, 1.54) is 11.1 Å². The summed E-state index contributed by atoms with van der Waals surface area (Å²) in [7, 11) is 0. The minimum atomic E-state index is -2.75. The highest BCUT2D eigenvalue weighted by atomic mass is 35.5. The maximum Gasteiger partial charge on any atom is 0.319 e. The number of nitrogens with zero attached hydrogens (tertiary/aromatic N) is 3. The summed E-state index contributed by atoms with van der Waals surface area (Å²) in [5.41, 5.74) is 0.549. The quantitative estimate of drug-likeness (QED) is 0.780. The van der Waals surface area contributed by atoms with Gasteiger partial charge in [0.1, 0.15) is 11.7 Å². The highest BCUT2D eigenvalue weighted by Gasteiger charge is 2.37. The molecule has 10 heteroatoms. The molecule has 1 aromatic carbocycles. The summed E-state index contributed by atoms with van der Waals surface area (Å²) < 4.78 is 26.2. The summed E-state index contributed by atoms with van der Waals surface area (Å²) in [6, 6.07) is 4.78. The zero-order valence-electron chi connectivity index (χ0n) is 13.3. The number of hydrogen-bond acceptors (Lipinski definition) is 3. The van der Waals surface area contributed by atoms with Crippen LogP contribution < -0.4 is 10.2 Å². The normalized spacial score (nSPS) is 17.2. The maximum absolute atomic E-state index is 12.8. The zero-order chi connectivity index (χ0) is 18.8. The van der Waals surface area contributed by atoms with Crippen molar-refractivity contribution >= 4 is 40.7 Å². The molecular weight excluding hydrogens is 389 g/mol. The van der Waals surface area contributed by atoms with E-state index >= 15 is 0 Å². The van der Waals surface area contributed by atoms with E-state index in [2.05, 4.69) is 10.3 Å². The Hall–Kier alpha value is -2.19. The van der Waals surface area contributed by atoms with Crippen LogP contribution in [0.5, 0.6) is 0 Å². The Morgan fingerprint density at radius 3 is 2.81 bits per heavy atom. The van der Waals surface area contributed by atoms with Gasteiger partial charge in [-0.1, -0.05) is 23.2 Å². The van der Waals surface area contributed by atoms with Crippen LogP contribution in [0.4, 0.5) is 14.5 Å². The van der Waals surface area contributed by atoms with Gasteiger partial charge in [-0.3, -0.25) is 14.2 Å². The fourth-order valence-electron chi connectivity index (χ4n) is 2.78. The van der Waals surface area contributed by atoms with Crippen LogP contribution >= 0.6 is 23.2 Å². The molecule has 26 heavy (non-hydrogen) atoms. The van der Waals surface area contributed by atoms with E-state index in [9.17, 15) is 18.4 Å². The maximum atomic E-state index is 12.8. The molecule has 1 aromatic heterocycles. The Labute approximate surface area is 157 Å². The monoisotopic (exact) mass is 402 g/mol. The lowest BCUT2D eigenvalue weighted by molar-refractivity contribution is -0.132. The average Bonchev–Trinajstić information content (AvgIpc) is 3.22. The fraction of sp³-hybridized carbons (Fsp3) is 0.312. The van der Waals surface area contributed by atoms with Crippen LogP contribution in [0.25, 0.3) is 0 Å². The Balaban J connectivity index is 1.65. The number of benzene rings is 1. The average molecular weight is 403 g/mol. The highest BCUT2D eigenvalue weighted by molar-refractivity contribution is 6.42. The Morgan fingerprint density at radius 1 is 1.35 bits per heavy atom. The van der Waals surface area contributed by atoms with Crippen molar-refractivity contribution in [3.8, 4) is 0 Å². The van der Waals surface area contributed by atoms with Crippen molar-refractivity contribution < 1.29 is 18.4 Å². The molecule has 1 saturated heterocycles. The third-order valence-corrected chi connectivity index (χ3v) is 4.86. The molecule has 3 rings (SSSR count). The smallest absolute Gasteiger partial charge is 0.319 e. The van der Waals surface area contributed by atoms with E-state index in [0.29, 0.717) is 33.3 Å². The second-order valence-electron chi connectivity index (χ2n) is 5.68. The molecule has 0 spiro atoms. The summed E-state index contributed by atoms with van der Waals surface area (Å²) in [6.07, 6.45) is 2.66. The predicted molar refractivity (Wildman–Crippen MR) is 92.2 cm³/mol. The number of nitrogens with one attached hydrogen (secondary N) is 1. The van der Waals surface area contributed by atoms with E-state index < -0.39 is 18.4 Å². The minimum Gasteiger partial charge on any atom is -0.348 e. The summed E-state index contributed by atoms with van der Waals surface area (Å²) in [4.78, 5) is 30.1. The number of anilines is 1. The van der Waals surface area contributed by atoms with Crippen molar-refractivity contribution in [1.29, 1.82) is 0 Å². The predicted octanol–water partition coefficient (Wildman–Crippen LogP) is 3.25. The molecule has 0 saturated carbocycles. The highest BCUT2D eigenvalue weighted by Crippen LogP contribution is 2.31. The topological polar surface area (TPSA) is 67.2 Å². The van der Waals surface area contributed by atoms with Gasteiger partial charge in [-0.15, -0.1) is 0 Å². The Kier molecular flexibility index (Phi) is 5.43. The molecule has 2 aromatic rings. The molecule has 2 amide bonds. The SMILES string of the molecule is O=C(NCc1nccn1C(F)F)C1CCN(c2ccc(Cl)c(Cl)c2)C1=O. The van der Waals surface area contributed by atoms with Crippen LogP contribution in [0, 0.1) is 5.92 Å². The molecule has 0 bridgehead atoms. The van der Waals surface area contributed by atoms with Crippen LogP contribution in [0.3, 0.4) is 0 Å². The van der Waals surface area contributed by atoms with Gasteiger partial charge in [-0.25, -0.2) is 4.98 Å². The van der Waals surface area contributed by atoms with Crippen molar-refractivity contribution in [3.63, 3.8) is 0 Å². The van der Waals surface area contributed by atoms with Crippen LogP contribution in [-0.2, 0) is 16.1 Å². The molecule has 1 atom stereocenters. The lowest BCUT2D eigenvalue weighted by Crippen LogP contribution is -2.37. The lowest BCUT2D eigenvalue weighted by atomic mass is 10.1. The summed E-state index contributed by atoms with van der Waals surface area (Å²) in [5, 5.41) is 3.17. The molecule has 1 aliphatic rings. The number of amides is 2. The second-order valence-corrected chi connectivity index (χ2v) is 6.49. The first-order valence-corrected chi connectivity index (χ1v) is 8.48. The van der Waals surface area contributed by atoms with Gasteiger partial charge in [-0.05, 0) is 24.6 Å². The molecule has 0 radical (unpaired) electrons. The van der Waals surface area contributed by atoms with Crippen LogP contribution in [0.15, 0.2) is 30.6 Å². The number of carbonyl (C=O) groups excluding carboxylic acids is 2. The minimum absolute atomic E-state index is 0.0140. The molecule has 138 valence electrons. The molecule has 0 aliphatic carbocycles. The number of halogens is 4. The first-order chi connectivity index (χ1) is 12.4. The van der Waals surface area contributed by atoms with Gasteiger partial charge in [0.2, 0.25) is 11.8 Å². The van der Waals surface area contributed by atoms with Gasteiger partial charge in [0.15, 0.2) is 0 Å². The summed E-state index contributed by atoms with van der Waals surface area (Å²) in [6.45, 7) is -2.59. The number of aromatic nitrogens is 2. The standard InChI is InChI=1S/C16H14Cl2F2N4O2/c17-11-2-1-9(7-12(11)18)23-5-3-10(15(23)26)14(25)22-8-13-21-4-6-24(13)16(19)20/h1-2,4,6-7,10,16H,3,5,8H2,(H,22,25). The number of carbonyl (C=O) groups is 2. The lowest BCUT2D eigenvalue weighted by Gasteiger charge is -2.17. The first kappa shape index (κ1) is 18.6. The molecular formula is C16H14Cl2F2N4O2. The largest absolute Gasteiger partial charge is 0.348 e. The second kappa shape index (κ2) is 7.59. The van der Waals surface area contributed by atoms with Crippen molar-refractivity contribution in [1.82, 2.24) is 14.9 Å². The first-order valence-electron chi connectivity index (χ1n) is 7.72. The van der Waals surface area contributed by atoms with E-state index in [1.54, 1.807) is 18.2 Å². The van der Waals surface area contributed by atoms with Crippen molar-refractivity contribution in [2.45, 2.75) is 19.5 Å². The van der Waals surface area contributed by atoms with Gasteiger partial charge >= 0.3 is 6.55 Å². The zero-order valence-corrected chi connectivity index (χ0v) is 14.8. The van der Waals surface area contributed by atoms with Crippen molar-refractivity contribution in [2.75, 3.05) is 11.4 Å². The molecule has 2 heterocycles. The van der Waals surface area contributed by atoms with Crippen LogP contribution in [-0.4, -0.2) is 27.9 Å². The van der Waals surface area contributed by atoms with E-state index in [-0.39, 0.29) is 18.3 Å².